The van der Waals surface area contributed by atoms with Crippen molar-refractivity contribution in [3.8, 4) is 6.07 Å². The van der Waals surface area contributed by atoms with Gasteiger partial charge >= 0.3 is 0 Å². The number of anilines is 1. The molecule has 2 aromatic carbocycles. The van der Waals surface area contributed by atoms with Crippen LogP contribution < -0.4 is 10.6 Å². The lowest BCUT2D eigenvalue weighted by atomic mass is 10.0. The normalized spacial score (nSPS) is 18.1. The first-order valence-electron chi connectivity index (χ1n) is 9.05. The van der Waals surface area contributed by atoms with Crippen molar-refractivity contribution in [3.63, 3.8) is 0 Å². The van der Waals surface area contributed by atoms with Gasteiger partial charge in [-0.2, -0.15) is 5.26 Å². The van der Waals surface area contributed by atoms with Crippen LogP contribution in [0, 0.1) is 11.3 Å². The first-order valence-corrected chi connectivity index (χ1v) is 9.05. The van der Waals surface area contributed by atoms with Crippen molar-refractivity contribution < 1.29 is 19.2 Å². The lowest BCUT2D eigenvalue weighted by Crippen LogP contribution is -2.52. The van der Waals surface area contributed by atoms with Gasteiger partial charge < -0.3 is 10.2 Å². The Morgan fingerprint density at radius 3 is 2.59 bits per heavy atom. The second-order valence-corrected chi connectivity index (χ2v) is 6.92. The van der Waals surface area contributed by atoms with Crippen LogP contribution in [0.25, 0.3) is 0 Å². The molecule has 2 aliphatic rings. The predicted molar refractivity (Wildman–Crippen MR) is 102 cm³/mol. The summed E-state index contributed by atoms with van der Waals surface area (Å²) in [7, 11) is 0. The number of nitrogens with one attached hydrogen (secondary N) is 2. The van der Waals surface area contributed by atoms with E-state index in [-0.39, 0.29) is 30.7 Å². The molecule has 8 nitrogen and oxygen atoms in total. The second kappa shape index (κ2) is 7.20. The minimum absolute atomic E-state index is 0.197. The number of nitriles is 1. The number of carbonyl (C=O) groups is 4. The van der Waals surface area contributed by atoms with Crippen LogP contribution in [0.3, 0.4) is 0 Å². The van der Waals surface area contributed by atoms with Gasteiger partial charge in [0.1, 0.15) is 6.04 Å². The standard InChI is InChI=1S/C21H16N4O4/c22-10-12-1-3-13(4-2-12)19(27)23-15-5-6-16-14(9-15)11-25(21(16)29)17-7-8-18(26)24-20(17)28/h1-6,9,17H,7-8,11H2,(H,23,27)(H,24,26,28). The number of amides is 4. The number of hydrogen-bond donors (Lipinski definition) is 2. The molecule has 1 fully saturated rings. The highest BCUT2D eigenvalue weighted by Gasteiger charge is 2.39. The third kappa shape index (κ3) is 3.46. The maximum Gasteiger partial charge on any atom is 0.255 e. The first-order chi connectivity index (χ1) is 14.0. The van der Waals surface area contributed by atoms with Gasteiger partial charge in [0.15, 0.2) is 0 Å². The molecular weight excluding hydrogens is 372 g/mol. The van der Waals surface area contributed by atoms with Crippen LogP contribution in [0.5, 0.6) is 0 Å². The maximum absolute atomic E-state index is 12.7. The van der Waals surface area contributed by atoms with Gasteiger partial charge in [0.05, 0.1) is 11.6 Å². The Balaban J connectivity index is 1.50. The molecule has 0 aliphatic carbocycles. The van der Waals surface area contributed by atoms with Crippen molar-refractivity contribution in [2.75, 3.05) is 5.32 Å². The molecule has 0 spiro atoms. The van der Waals surface area contributed by atoms with Crippen LogP contribution in [0.15, 0.2) is 42.5 Å². The van der Waals surface area contributed by atoms with Crippen LogP contribution in [0.4, 0.5) is 5.69 Å². The molecule has 0 aromatic heterocycles. The number of rotatable bonds is 3. The molecule has 1 unspecified atom stereocenters. The summed E-state index contributed by atoms with van der Waals surface area (Å²) in [5, 5.41) is 13.9. The van der Waals surface area contributed by atoms with E-state index in [0.29, 0.717) is 34.4 Å². The largest absolute Gasteiger partial charge is 0.322 e. The van der Waals surface area contributed by atoms with Crippen molar-refractivity contribution in [1.29, 1.82) is 5.26 Å². The zero-order chi connectivity index (χ0) is 20.5. The third-order valence-corrected chi connectivity index (χ3v) is 5.06. The lowest BCUT2D eigenvalue weighted by molar-refractivity contribution is -0.136. The van der Waals surface area contributed by atoms with Gasteiger partial charge in [0.2, 0.25) is 11.8 Å². The molecular formula is C21H16N4O4. The highest BCUT2D eigenvalue weighted by atomic mass is 16.2. The van der Waals surface area contributed by atoms with Gasteiger partial charge in [0, 0.05) is 29.8 Å². The first kappa shape index (κ1) is 18.4. The molecule has 1 saturated heterocycles. The Bertz CT molecular complexity index is 1080. The van der Waals surface area contributed by atoms with Crippen LogP contribution in [-0.2, 0) is 16.1 Å². The molecule has 2 heterocycles. The number of hydrogen-bond acceptors (Lipinski definition) is 5. The maximum atomic E-state index is 12.7. The van der Waals surface area contributed by atoms with Gasteiger partial charge in [-0.15, -0.1) is 0 Å². The summed E-state index contributed by atoms with van der Waals surface area (Å²) < 4.78 is 0. The molecule has 29 heavy (non-hydrogen) atoms. The SMILES string of the molecule is N#Cc1ccc(C(=O)Nc2ccc3c(c2)CN(C2CCC(=O)NC2=O)C3=O)cc1. The van der Waals surface area contributed by atoms with E-state index < -0.39 is 11.9 Å². The average Bonchev–Trinajstić information content (AvgIpc) is 3.03. The van der Waals surface area contributed by atoms with E-state index in [0.717, 1.165) is 0 Å². The van der Waals surface area contributed by atoms with Gasteiger partial charge in [0.25, 0.3) is 11.8 Å². The fourth-order valence-corrected chi connectivity index (χ4v) is 3.55. The summed E-state index contributed by atoms with van der Waals surface area (Å²) in [6.07, 6.45) is 0.495. The quantitative estimate of drug-likeness (QED) is 0.774. The van der Waals surface area contributed by atoms with E-state index in [2.05, 4.69) is 10.6 Å². The van der Waals surface area contributed by atoms with E-state index in [4.69, 9.17) is 5.26 Å². The summed E-state index contributed by atoms with van der Waals surface area (Å²) >= 11 is 0. The molecule has 0 radical (unpaired) electrons. The van der Waals surface area contributed by atoms with E-state index in [1.807, 2.05) is 6.07 Å². The van der Waals surface area contributed by atoms with Crippen LogP contribution in [0.1, 0.15) is 44.7 Å². The third-order valence-electron chi connectivity index (χ3n) is 5.06. The lowest BCUT2D eigenvalue weighted by Gasteiger charge is -2.29. The topological polar surface area (TPSA) is 119 Å². The minimum atomic E-state index is -0.677. The molecule has 4 rings (SSSR count). The van der Waals surface area contributed by atoms with E-state index in [1.165, 1.54) is 4.90 Å². The number of carbonyl (C=O) groups excluding carboxylic acids is 4. The summed E-state index contributed by atoms with van der Waals surface area (Å²) in [5.41, 5.74) is 2.58. The molecule has 2 aromatic rings. The molecule has 8 heteroatoms. The zero-order valence-corrected chi connectivity index (χ0v) is 15.3. The van der Waals surface area contributed by atoms with Gasteiger partial charge in [-0.25, -0.2) is 0 Å². The molecule has 2 aliphatic heterocycles. The minimum Gasteiger partial charge on any atom is -0.322 e. The molecule has 1 atom stereocenters. The number of nitrogens with zero attached hydrogens (tertiary/aromatic N) is 2. The van der Waals surface area contributed by atoms with Crippen molar-refractivity contribution >= 4 is 29.3 Å². The molecule has 144 valence electrons. The van der Waals surface area contributed by atoms with E-state index in [9.17, 15) is 19.2 Å². The van der Waals surface area contributed by atoms with Crippen molar-refractivity contribution in [3.05, 3.63) is 64.7 Å². The molecule has 0 saturated carbocycles. The Labute approximate surface area is 166 Å². The molecule has 4 amide bonds. The number of piperidine rings is 1. The number of fused-ring (bicyclic) bond motifs is 1. The highest BCUT2D eigenvalue weighted by molar-refractivity contribution is 6.07. The van der Waals surface area contributed by atoms with E-state index >= 15 is 0 Å². The van der Waals surface area contributed by atoms with Crippen molar-refractivity contribution in [1.82, 2.24) is 10.2 Å². The Morgan fingerprint density at radius 2 is 1.90 bits per heavy atom. The summed E-state index contributed by atoms with van der Waals surface area (Å²) in [6, 6.07) is 12.5. The number of benzene rings is 2. The Kier molecular flexibility index (Phi) is 4.56. The van der Waals surface area contributed by atoms with Crippen molar-refractivity contribution in [2.24, 2.45) is 0 Å². The van der Waals surface area contributed by atoms with Crippen LogP contribution in [0.2, 0.25) is 0 Å². The highest BCUT2D eigenvalue weighted by Crippen LogP contribution is 2.29. The predicted octanol–water partition coefficient (Wildman–Crippen LogP) is 1.57. The fraction of sp³-hybridized carbons (Fsp3) is 0.190. The van der Waals surface area contributed by atoms with Gasteiger partial charge in [-0.3, -0.25) is 24.5 Å². The second-order valence-electron chi connectivity index (χ2n) is 6.92. The Morgan fingerprint density at radius 1 is 1.14 bits per heavy atom. The average molecular weight is 388 g/mol. The smallest absolute Gasteiger partial charge is 0.255 e. The summed E-state index contributed by atoms with van der Waals surface area (Å²) in [6.45, 7) is 0.237. The fourth-order valence-electron chi connectivity index (χ4n) is 3.55. The monoisotopic (exact) mass is 388 g/mol. The molecule has 2 N–H and O–H groups in total. The van der Waals surface area contributed by atoms with E-state index in [1.54, 1.807) is 42.5 Å². The van der Waals surface area contributed by atoms with Crippen molar-refractivity contribution in [2.45, 2.75) is 25.4 Å². The van der Waals surface area contributed by atoms with Gasteiger partial charge in [-0.05, 0) is 54.4 Å². The summed E-state index contributed by atoms with van der Waals surface area (Å²) in [5.74, 6) is -1.39. The summed E-state index contributed by atoms with van der Waals surface area (Å²) in [4.78, 5) is 50.0. The van der Waals surface area contributed by atoms with Crippen LogP contribution in [-0.4, -0.2) is 34.6 Å². The van der Waals surface area contributed by atoms with Gasteiger partial charge in [-0.1, -0.05) is 0 Å². The van der Waals surface area contributed by atoms with Crippen LogP contribution >= 0.6 is 0 Å². The Hall–Kier alpha value is -3.99. The number of imide groups is 1. The molecule has 0 bridgehead atoms. The zero-order valence-electron chi connectivity index (χ0n) is 15.3.